The van der Waals surface area contributed by atoms with E-state index in [0.717, 1.165) is 17.7 Å². The molecule has 1 aliphatic rings. The van der Waals surface area contributed by atoms with E-state index in [-0.39, 0.29) is 18.2 Å². The average Bonchev–Trinajstić information content (AvgIpc) is 2.94. The van der Waals surface area contributed by atoms with Gasteiger partial charge in [0.05, 0.1) is 4.88 Å². The Bertz CT molecular complexity index is 495. The van der Waals surface area contributed by atoms with Crippen molar-refractivity contribution in [3.8, 4) is 0 Å². The zero-order valence-electron chi connectivity index (χ0n) is 11.3. The van der Waals surface area contributed by atoms with Crippen molar-refractivity contribution in [3.05, 3.63) is 21.4 Å². The third-order valence-electron chi connectivity index (χ3n) is 3.65. The smallest absolute Gasteiger partial charge is 0.303 e. The van der Waals surface area contributed by atoms with Gasteiger partial charge < -0.3 is 10.0 Å². The van der Waals surface area contributed by atoms with E-state index < -0.39 is 5.97 Å². The fourth-order valence-electron chi connectivity index (χ4n) is 2.56. The van der Waals surface area contributed by atoms with Gasteiger partial charge in [-0.1, -0.05) is 6.92 Å². The molecule has 2 rings (SSSR count). The van der Waals surface area contributed by atoms with E-state index in [2.05, 4.69) is 6.92 Å². The molecule has 1 aliphatic heterocycles. The summed E-state index contributed by atoms with van der Waals surface area (Å²) in [7, 11) is 0. The van der Waals surface area contributed by atoms with Gasteiger partial charge in [0.1, 0.15) is 0 Å². The van der Waals surface area contributed by atoms with Crippen molar-refractivity contribution in [2.24, 2.45) is 5.92 Å². The fourth-order valence-corrected chi connectivity index (χ4v) is 3.64. The van der Waals surface area contributed by atoms with Gasteiger partial charge in [0.15, 0.2) is 0 Å². The van der Waals surface area contributed by atoms with Crippen LogP contribution in [-0.4, -0.2) is 35.0 Å². The number of carbonyl (C=O) groups excluding carboxylic acids is 1. The minimum Gasteiger partial charge on any atom is -0.481 e. The lowest BCUT2D eigenvalue weighted by Crippen LogP contribution is -2.28. The van der Waals surface area contributed by atoms with Crippen LogP contribution < -0.4 is 0 Å². The number of carbonyl (C=O) groups is 2. The summed E-state index contributed by atoms with van der Waals surface area (Å²) in [6.07, 6.45) is 1.90. The summed E-state index contributed by atoms with van der Waals surface area (Å²) in [5.74, 6) is -0.617. The van der Waals surface area contributed by atoms with E-state index in [1.54, 1.807) is 16.2 Å². The summed E-state index contributed by atoms with van der Waals surface area (Å²) in [5.41, 5.74) is 1.23. The highest BCUT2D eigenvalue weighted by Gasteiger charge is 2.29. The largest absolute Gasteiger partial charge is 0.481 e. The first-order valence-electron chi connectivity index (χ1n) is 6.61. The summed E-state index contributed by atoms with van der Waals surface area (Å²) >= 11 is 1.54. The normalized spacial score (nSPS) is 18.8. The summed E-state index contributed by atoms with van der Waals surface area (Å²) in [6, 6.07) is 1.98. The SMILES string of the molecule is CCc1cc(C(=O)N2CCC(CC(=O)O)C2)sc1C. The first-order chi connectivity index (χ1) is 9.01. The molecule has 0 saturated carbocycles. The number of aryl methyl sites for hydroxylation is 2. The van der Waals surface area contributed by atoms with Crippen molar-refractivity contribution >= 4 is 23.2 Å². The van der Waals surface area contributed by atoms with Crippen LogP contribution in [0.15, 0.2) is 6.07 Å². The molecular formula is C14H19NO3S. The molecule has 104 valence electrons. The second-order valence-electron chi connectivity index (χ2n) is 5.05. The highest BCUT2D eigenvalue weighted by Crippen LogP contribution is 2.26. The van der Waals surface area contributed by atoms with Gasteiger partial charge in [0, 0.05) is 24.4 Å². The average molecular weight is 281 g/mol. The number of thiophene rings is 1. The summed E-state index contributed by atoms with van der Waals surface area (Å²) < 4.78 is 0. The van der Waals surface area contributed by atoms with Crippen molar-refractivity contribution in [1.82, 2.24) is 4.90 Å². The van der Waals surface area contributed by atoms with Crippen LogP contribution in [0.1, 0.15) is 39.9 Å². The van der Waals surface area contributed by atoms with E-state index in [0.29, 0.717) is 13.1 Å². The number of amides is 1. The van der Waals surface area contributed by atoms with Crippen molar-refractivity contribution < 1.29 is 14.7 Å². The molecule has 1 aromatic heterocycles. The molecule has 19 heavy (non-hydrogen) atoms. The third kappa shape index (κ3) is 3.15. The quantitative estimate of drug-likeness (QED) is 0.922. The molecule has 1 unspecified atom stereocenters. The molecule has 1 aromatic rings. The molecule has 1 fully saturated rings. The lowest BCUT2D eigenvalue weighted by molar-refractivity contribution is -0.138. The summed E-state index contributed by atoms with van der Waals surface area (Å²) in [5, 5.41) is 8.79. The first-order valence-corrected chi connectivity index (χ1v) is 7.43. The zero-order valence-corrected chi connectivity index (χ0v) is 12.1. The molecule has 5 heteroatoms. The standard InChI is InChI=1S/C14H19NO3S/c1-3-11-7-12(19-9(11)2)14(18)15-5-4-10(8-15)6-13(16)17/h7,10H,3-6,8H2,1-2H3,(H,16,17). The van der Waals surface area contributed by atoms with E-state index in [4.69, 9.17) is 5.11 Å². The number of likely N-dealkylation sites (tertiary alicyclic amines) is 1. The maximum absolute atomic E-state index is 12.3. The molecular weight excluding hydrogens is 262 g/mol. The molecule has 0 bridgehead atoms. The molecule has 1 N–H and O–H groups in total. The van der Waals surface area contributed by atoms with E-state index in [1.165, 1.54) is 10.4 Å². The van der Waals surface area contributed by atoms with Gasteiger partial charge in [-0.3, -0.25) is 9.59 Å². The monoisotopic (exact) mass is 281 g/mol. The van der Waals surface area contributed by atoms with Gasteiger partial charge in [-0.25, -0.2) is 0 Å². The molecule has 1 saturated heterocycles. The number of aliphatic carboxylic acids is 1. The van der Waals surface area contributed by atoms with Crippen molar-refractivity contribution in [1.29, 1.82) is 0 Å². The lowest BCUT2D eigenvalue weighted by atomic mass is 10.1. The second-order valence-corrected chi connectivity index (χ2v) is 6.31. The number of rotatable bonds is 4. The summed E-state index contributed by atoms with van der Waals surface area (Å²) in [6.45, 7) is 5.37. The third-order valence-corrected chi connectivity index (χ3v) is 4.73. The van der Waals surface area contributed by atoms with Crippen LogP contribution in [0, 0.1) is 12.8 Å². The highest BCUT2D eigenvalue weighted by molar-refractivity contribution is 7.14. The Labute approximate surface area is 117 Å². The van der Waals surface area contributed by atoms with E-state index >= 15 is 0 Å². The van der Waals surface area contributed by atoms with Crippen molar-refractivity contribution in [2.45, 2.75) is 33.1 Å². The van der Waals surface area contributed by atoms with Crippen LogP contribution in [0.4, 0.5) is 0 Å². The first kappa shape index (κ1) is 14.1. The van der Waals surface area contributed by atoms with E-state index in [9.17, 15) is 9.59 Å². The summed E-state index contributed by atoms with van der Waals surface area (Å²) in [4.78, 5) is 26.8. The van der Waals surface area contributed by atoms with Crippen LogP contribution in [-0.2, 0) is 11.2 Å². The Kier molecular flexibility index (Phi) is 4.24. The lowest BCUT2D eigenvalue weighted by Gasteiger charge is -2.14. The Balaban J connectivity index is 2.02. The molecule has 2 heterocycles. The number of nitrogens with zero attached hydrogens (tertiary/aromatic N) is 1. The van der Waals surface area contributed by atoms with Crippen LogP contribution in [0.25, 0.3) is 0 Å². The van der Waals surface area contributed by atoms with Crippen LogP contribution >= 0.6 is 11.3 Å². The highest BCUT2D eigenvalue weighted by atomic mass is 32.1. The Morgan fingerprint density at radius 2 is 2.26 bits per heavy atom. The molecule has 0 aromatic carbocycles. The minimum absolute atomic E-state index is 0.0562. The van der Waals surface area contributed by atoms with Gasteiger partial charge in [-0.05, 0) is 37.3 Å². The molecule has 1 atom stereocenters. The van der Waals surface area contributed by atoms with Crippen molar-refractivity contribution in [3.63, 3.8) is 0 Å². The van der Waals surface area contributed by atoms with Gasteiger partial charge in [-0.15, -0.1) is 11.3 Å². The molecule has 0 spiro atoms. The van der Waals surface area contributed by atoms with Crippen molar-refractivity contribution in [2.75, 3.05) is 13.1 Å². The topological polar surface area (TPSA) is 57.6 Å². The zero-order chi connectivity index (χ0) is 14.0. The Morgan fingerprint density at radius 1 is 1.53 bits per heavy atom. The van der Waals surface area contributed by atoms with E-state index in [1.807, 2.05) is 13.0 Å². The predicted octanol–water partition coefficient (Wildman–Crippen LogP) is 2.56. The minimum atomic E-state index is -0.778. The van der Waals surface area contributed by atoms with Crippen LogP contribution in [0.2, 0.25) is 0 Å². The second kappa shape index (κ2) is 5.74. The van der Waals surface area contributed by atoms with Crippen LogP contribution in [0.5, 0.6) is 0 Å². The van der Waals surface area contributed by atoms with Crippen LogP contribution in [0.3, 0.4) is 0 Å². The molecule has 0 radical (unpaired) electrons. The number of carboxylic acid groups (broad SMARTS) is 1. The Hall–Kier alpha value is -1.36. The molecule has 4 nitrogen and oxygen atoms in total. The number of carboxylic acids is 1. The molecule has 0 aliphatic carbocycles. The predicted molar refractivity (Wildman–Crippen MR) is 74.7 cm³/mol. The number of hydrogen-bond donors (Lipinski definition) is 1. The van der Waals surface area contributed by atoms with Gasteiger partial charge in [-0.2, -0.15) is 0 Å². The van der Waals surface area contributed by atoms with Gasteiger partial charge in [0.2, 0.25) is 0 Å². The molecule has 1 amide bonds. The fraction of sp³-hybridized carbons (Fsp3) is 0.571. The Morgan fingerprint density at radius 3 is 2.84 bits per heavy atom. The van der Waals surface area contributed by atoms with Gasteiger partial charge in [0.25, 0.3) is 5.91 Å². The van der Waals surface area contributed by atoms with Gasteiger partial charge >= 0.3 is 5.97 Å². The number of hydrogen-bond acceptors (Lipinski definition) is 3. The maximum atomic E-state index is 12.3. The maximum Gasteiger partial charge on any atom is 0.303 e.